The molecular formula is C14H17N3O3. The number of carbonyl (C=O) groups is 1. The quantitative estimate of drug-likeness (QED) is 0.781. The fraction of sp³-hybridized carbons (Fsp3) is 0.286. The number of urea groups is 1. The number of hydrogen-bond acceptors (Lipinski definition) is 4. The van der Waals surface area contributed by atoms with Crippen LogP contribution >= 0.6 is 0 Å². The molecule has 20 heavy (non-hydrogen) atoms. The molecule has 6 nitrogen and oxygen atoms in total. The standard InChI is InChI=1S/C14H17N3O3/c1-10(7-8-18)15-14(19)16-13-9-12(20-17-13)11-5-3-2-4-6-11/h2-6,9-10,18H,7-8H2,1H3,(H2,15,16,17,19)/t10-/m1/s1. The maximum Gasteiger partial charge on any atom is 0.320 e. The highest BCUT2D eigenvalue weighted by Gasteiger charge is 2.11. The lowest BCUT2D eigenvalue weighted by Crippen LogP contribution is -2.36. The summed E-state index contributed by atoms with van der Waals surface area (Å²) in [6.07, 6.45) is 0.501. The highest BCUT2D eigenvalue weighted by molar-refractivity contribution is 5.88. The second kappa shape index (κ2) is 6.72. The van der Waals surface area contributed by atoms with Crippen molar-refractivity contribution in [2.24, 2.45) is 0 Å². The summed E-state index contributed by atoms with van der Waals surface area (Å²) in [6.45, 7) is 1.84. The average molecular weight is 275 g/mol. The summed E-state index contributed by atoms with van der Waals surface area (Å²) in [4.78, 5) is 11.7. The van der Waals surface area contributed by atoms with Gasteiger partial charge in [-0.15, -0.1) is 0 Å². The van der Waals surface area contributed by atoms with E-state index in [0.717, 1.165) is 5.56 Å². The molecule has 0 radical (unpaired) electrons. The van der Waals surface area contributed by atoms with Crippen LogP contribution in [0.1, 0.15) is 13.3 Å². The van der Waals surface area contributed by atoms with E-state index in [2.05, 4.69) is 15.8 Å². The lowest BCUT2D eigenvalue weighted by Gasteiger charge is -2.11. The second-order valence-corrected chi connectivity index (χ2v) is 4.45. The van der Waals surface area contributed by atoms with Crippen molar-refractivity contribution >= 4 is 11.8 Å². The molecule has 0 saturated heterocycles. The number of anilines is 1. The van der Waals surface area contributed by atoms with Crippen molar-refractivity contribution in [1.82, 2.24) is 10.5 Å². The van der Waals surface area contributed by atoms with Crippen molar-refractivity contribution in [3.8, 4) is 11.3 Å². The molecule has 0 fully saturated rings. The number of carbonyl (C=O) groups excluding carboxylic acids is 1. The number of benzene rings is 1. The third-order valence-electron chi connectivity index (χ3n) is 2.75. The summed E-state index contributed by atoms with van der Waals surface area (Å²) in [7, 11) is 0. The number of hydrogen-bond donors (Lipinski definition) is 3. The summed E-state index contributed by atoms with van der Waals surface area (Å²) >= 11 is 0. The first-order valence-electron chi connectivity index (χ1n) is 6.39. The number of aliphatic hydroxyl groups is 1. The molecule has 0 spiro atoms. The van der Waals surface area contributed by atoms with Gasteiger partial charge in [-0.25, -0.2) is 4.79 Å². The van der Waals surface area contributed by atoms with Gasteiger partial charge in [0.2, 0.25) is 0 Å². The summed E-state index contributed by atoms with van der Waals surface area (Å²) < 4.78 is 5.17. The molecule has 1 heterocycles. The summed E-state index contributed by atoms with van der Waals surface area (Å²) in [6, 6.07) is 10.7. The van der Waals surface area contributed by atoms with Crippen molar-refractivity contribution in [1.29, 1.82) is 0 Å². The zero-order valence-electron chi connectivity index (χ0n) is 11.2. The molecule has 0 aliphatic carbocycles. The zero-order chi connectivity index (χ0) is 14.4. The molecule has 2 aromatic rings. The number of nitrogens with zero attached hydrogens (tertiary/aromatic N) is 1. The van der Waals surface area contributed by atoms with E-state index in [-0.39, 0.29) is 18.7 Å². The predicted molar refractivity (Wildman–Crippen MR) is 75.3 cm³/mol. The molecule has 0 aliphatic heterocycles. The molecule has 0 unspecified atom stereocenters. The Morgan fingerprint density at radius 1 is 1.40 bits per heavy atom. The van der Waals surface area contributed by atoms with Gasteiger partial charge in [0.1, 0.15) is 0 Å². The van der Waals surface area contributed by atoms with E-state index < -0.39 is 0 Å². The fourth-order valence-corrected chi connectivity index (χ4v) is 1.71. The highest BCUT2D eigenvalue weighted by atomic mass is 16.5. The van der Waals surface area contributed by atoms with E-state index >= 15 is 0 Å². The minimum Gasteiger partial charge on any atom is -0.396 e. The summed E-state index contributed by atoms with van der Waals surface area (Å²) in [5.74, 6) is 0.932. The number of aromatic nitrogens is 1. The van der Waals surface area contributed by atoms with Gasteiger partial charge in [-0.2, -0.15) is 0 Å². The van der Waals surface area contributed by atoms with E-state index in [1.807, 2.05) is 37.3 Å². The first-order valence-corrected chi connectivity index (χ1v) is 6.39. The maximum atomic E-state index is 11.7. The average Bonchev–Trinajstić information content (AvgIpc) is 2.88. The molecule has 3 N–H and O–H groups in total. The Balaban J connectivity index is 1.95. The van der Waals surface area contributed by atoms with E-state index in [9.17, 15) is 4.79 Å². The van der Waals surface area contributed by atoms with E-state index in [1.54, 1.807) is 6.07 Å². The molecule has 0 bridgehead atoms. The number of amides is 2. The van der Waals surface area contributed by atoms with Crippen LogP contribution in [0.3, 0.4) is 0 Å². The normalized spacial score (nSPS) is 11.9. The first kappa shape index (κ1) is 14.1. The van der Waals surface area contributed by atoms with Crippen LogP contribution in [0.5, 0.6) is 0 Å². The molecule has 0 saturated carbocycles. The van der Waals surface area contributed by atoms with Crippen LogP contribution in [-0.2, 0) is 0 Å². The molecule has 1 atom stereocenters. The Morgan fingerprint density at radius 3 is 2.85 bits per heavy atom. The Bertz CT molecular complexity index is 554. The summed E-state index contributed by atoms with van der Waals surface area (Å²) in [5.41, 5.74) is 0.891. The number of aliphatic hydroxyl groups excluding tert-OH is 1. The smallest absolute Gasteiger partial charge is 0.320 e. The minimum atomic E-state index is -0.376. The zero-order valence-corrected chi connectivity index (χ0v) is 11.2. The Labute approximate surface area is 116 Å². The Hall–Kier alpha value is -2.34. The fourth-order valence-electron chi connectivity index (χ4n) is 1.71. The van der Waals surface area contributed by atoms with Gasteiger partial charge >= 0.3 is 6.03 Å². The Morgan fingerprint density at radius 2 is 2.15 bits per heavy atom. The van der Waals surface area contributed by atoms with Crippen molar-refractivity contribution in [3.05, 3.63) is 36.4 Å². The van der Waals surface area contributed by atoms with Crippen molar-refractivity contribution in [2.75, 3.05) is 11.9 Å². The van der Waals surface area contributed by atoms with Gasteiger partial charge in [-0.05, 0) is 13.3 Å². The van der Waals surface area contributed by atoms with Crippen LogP contribution in [0.4, 0.5) is 10.6 Å². The molecule has 106 valence electrons. The van der Waals surface area contributed by atoms with E-state index in [0.29, 0.717) is 18.0 Å². The van der Waals surface area contributed by atoms with Gasteiger partial charge in [0.15, 0.2) is 11.6 Å². The van der Waals surface area contributed by atoms with Gasteiger partial charge < -0.3 is 14.9 Å². The van der Waals surface area contributed by atoms with Crippen molar-refractivity contribution in [2.45, 2.75) is 19.4 Å². The van der Waals surface area contributed by atoms with Crippen LogP contribution in [0, 0.1) is 0 Å². The van der Waals surface area contributed by atoms with Crippen molar-refractivity contribution in [3.63, 3.8) is 0 Å². The number of nitrogens with one attached hydrogen (secondary N) is 2. The van der Waals surface area contributed by atoms with E-state index in [4.69, 9.17) is 9.63 Å². The van der Waals surface area contributed by atoms with Gasteiger partial charge in [-0.3, -0.25) is 5.32 Å². The summed E-state index contributed by atoms with van der Waals surface area (Å²) in [5, 5.41) is 17.8. The lowest BCUT2D eigenvalue weighted by atomic mass is 10.2. The van der Waals surface area contributed by atoms with Crippen molar-refractivity contribution < 1.29 is 14.4 Å². The van der Waals surface area contributed by atoms with Gasteiger partial charge in [0, 0.05) is 24.3 Å². The molecule has 6 heteroatoms. The van der Waals surface area contributed by atoms with Gasteiger partial charge in [0.05, 0.1) is 0 Å². The first-order chi connectivity index (χ1) is 9.69. The molecule has 1 aromatic heterocycles. The van der Waals surface area contributed by atoms with Gasteiger partial charge in [0.25, 0.3) is 0 Å². The van der Waals surface area contributed by atoms with Crippen LogP contribution in [-0.4, -0.2) is 28.9 Å². The molecule has 0 aliphatic rings. The molecule has 2 amide bonds. The third-order valence-corrected chi connectivity index (χ3v) is 2.75. The lowest BCUT2D eigenvalue weighted by molar-refractivity contribution is 0.241. The monoisotopic (exact) mass is 275 g/mol. The van der Waals surface area contributed by atoms with Crippen LogP contribution in [0.15, 0.2) is 40.9 Å². The molecule has 1 aromatic carbocycles. The predicted octanol–water partition coefficient (Wildman–Crippen LogP) is 2.23. The van der Waals surface area contributed by atoms with Crippen LogP contribution < -0.4 is 10.6 Å². The SMILES string of the molecule is C[C@H](CCO)NC(=O)Nc1cc(-c2ccccc2)on1. The topological polar surface area (TPSA) is 87.4 Å². The molecular weight excluding hydrogens is 258 g/mol. The number of rotatable bonds is 5. The maximum absolute atomic E-state index is 11.7. The van der Waals surface area contributed by atoms with Crippen LogP contribution in [0.25, 0.3) is 11.3 Å². The second-order valence-electron chi connectivity index (χ2n) is 4.45. The Kier molecular flexibility index (Phi) is 4.73. The third kappa shape index (κ3) is 3.83. The minimum absolute atomic E-state index is 0.0313. The highest BCUT2D eigenvalue weighted by Crippen LogP contribution is 2.21. The molecule has 2 rings (SSSR count). The largest absolute Gasteiger partial charge is 0.396 e. The van der Waals surface area contributed by atoms with Crippen LogP contribution in [0.2, 0.25) is 0 Å². The van der Waals surface area contributed by atoms with Gasteiger partial charge in [-0.1, -0.05) is 35.5 Å². The van der Waals surface area contributed by atoms with E-state index in [1.165, 1.54) is 0 Å².